The van der Waals surface area contributed by atoms with Crippen LogP contribution in [0.25, 0.3) is 0 Å². The van der Waals surface area contributed by atoms with Crippen LogP contribution in [0, 0.1) is 6.92 Å². The molecule has 0 amide bonds. The van der Waals surface area contributed by atoms with E-state index >= 15 is 0 Å². The van der Waals surface area contributed by atoms with Crippen molar-refractivity contribution in [2.24, 2.45) is 7.05 Å². The van der Waals surface area contributed by atoms with Crippen LogP contribution in [0.1, 0.15) is 29.2 Å². The highest BCUT2D eigenvalue weighted by atomic mass is 16.5. The van der Waals surface area contributed by atoms with Crippen LogP contribution in [0.4, 0.5) is 0 Å². The first-order valence-electron chi connectivity index (χ1n) is 7.05. The standard InChI is InChI=1S/C16H21N3O/c1-11-14(16(20-3)19(2)18-11)10-17-15-9-13(15)12-7-5-4-6-8-12/h4-8,13,15,17H,9-10H2,1-3H3. The molecule has 0 spiro atoms. The Kier molecular flexibility index (Phi) is 3.49. The summed E-state index contributed by atoms with van der Waals surface area (Å²) in [6, 6.07) is 11.3. The van der Waals surface area contributed by atoms with E-state index in [1.165, 1.54) is 12.0 Å². The van der Waals surface area contributed by atoms with Gasteiger partial charge in [0.15, 0.2) is 0 Å². The zero-order valence-corrected chi connectivity index (χ0v) is 12.3. The minimum atomic E-state index is 0.571. The maximum absolute atomic E-state index is 5.42. The highest BCUT2D eigenvalue weighted by Gasteiger charge is 2.37. The Hall–Kier alpha value is -1.81. The van der Waals surface area contributed by atoms with E-state index in [0.29, 0.717) is 12.0 Å². The summed E-state index contributed by atoms with van der Waals surface area (Å²) in [5.74, 6) is 1.51. The molecule has 1 N–H and O–H groups in total. The third kappa shape index (κ3) is 2.43. The van der Waals surface area contributed by atoms with Crippen molar-refractivity contribution < 1.29 is 4.74 Å². The van der Waals surface area contributed by atoms with Crippen molar-refractivity contribution in [3.63, 3.8) is 0 Å². The third-order valence-corrected chi connectivity index (χ3v) is 4.04. The van der Waals surface area contributed by atoms with E-state index < -0.39 is 0 Å². The molecule has 1 heterocycles. The fraction of sp³-hybridized carbons (Fsp3) is 0.438. The summed E-state index contributed by atoms with van der Waals surface area (Å²) in [5, 5.41) is 8.03. The average Bonchev–Trinajstić information content (AvgIpc) is 3.18. The van der Waals surface area contributed by atoms with Gasteiger partial charge >= 0.3 is 0 Å². The van der Waals surface area contributed by atoms with Crippen molar-refractivity contribution in [2.75, 3.05) is 7.11 Å². The first-order valence-corrected chi connectivity index (χ1v) is 7.05. The van der Waals surface area contributed by atoms with Crippen molar-refractivity contribution in [2.45, 2.75) is 31.8 Å². The van der Waals surface area contributed by atoms with Crippen LogP contribution in [0.15, 0.2) is 30.3 Å². The molecule has 2 aromatic rings. The van der Waals surface area contributed by atoms with Crippen LogP contribution in [0.2, 0.25) is 0 Å². The molecule has 1 fully saturated rings. The molecule has 0 radical (unpaired) electrons. The molecule has 20 heavy (non-hydrogen) atoms. The number of hydrogen-bond donors (Lipinski definition) is 1. The van der Waals surface area contributed by atoms with Gasteiger partial charge in [-0.2, -0.15) is 5.10 Å². The van der Waals surface area contributed by atoms with Crippen LogP contribution < -0.4 is 10.1 Å². The van der Waals surface area contributed by atoms with Gasteiger partial charge in [-0.3, -0.25) is 0 Å². The molecule has 0 aliphatic heterocycles. The number of rotatable bonds is 5. The summed E-state index contributed by atoms with van der Waals surface area (Å²) in [6.45, 7) is 2.85. The number of hydrogen-bond acceptors (Lipinski definition) is 3. The summed E-state index contributed by atoms with van der Waals surface area (Å²) >= 11 is 0. The van der Waals surface area contributed by atoms with E-state index in [9.17, 15) is 0 Å². The van der Waals surface area contributed by atoms with Crippen LogP contribution >= 0.6 is 0 Å². The van der Waals surface area contributed by atoms with E-state index in [1.807, 2.05) is 14.0 Å². The van der Waals surface area contributed by atoms with Crippen LogP contribution in [-0.2, 0) is 13.6 Å². The molecule has 1 aliphatic rings. The van der Waals surface area contributed by atoms with Crippen molar-refractivity contribution in [1.29, 1.82) is 0 Å². The minimum Gasteiger partial charge on any atom is -0.481 e. The Morgan fingerprint density at radius 2 is 2.10 bits per heavy atom. The zero-order chi connectivity index (χ0) is 14.1. The van der Waals surface area contributed by atoms with Gasteiger partial charge in [0.05, 0.1) is 18.4 Å². The normalized spacial score (nSPS) is 20.9. The Bertz CT molecular complexity index is 591. The minimum absolute atomic E-state index is 0.571. The number of ether oxygens (including phenoxy) is 1. The topological polar surface area (TPSA) is 39.1 Å². The number of aromatic nitrogens is 2. The molecule has 1 aromatic heterocycles. The Morgan fingerprint density at radius 1 is 1.35 bits per heavy atom. The summed E-state index contributed by atoms with van der Waals surface area (Å²) in [6.07, 6.45) is 1.21. The quantitative estimate of drug-likeness (QED) is 0.907. The molecule has 1 saturated carbocycles. The first kappa shape index (κ1) is 13.2. The number of methoxy groups -OCH3 is 1. The van der Waals surface area contributed by atoms with Gasteiger partial charge in [0.1, 0.15) is 0 Å². The van der Waals surface area contributed by atoms with Crippen molar-refractivity contribution >= 4 is 0 Å². The van der Waals surface area contributed by atoms with Crippen LogP contribution in [0.3, 0.4) is 0 Å². The molecule has 4 heteroatoms. The third-order valence-electron chi connectivity index (χ3n) is 4.04. The summed E-state index contributed by atoms with van der Waals surface area (Å²) in [7, 11) is 3.61. The lowest BCUT2D eigenvalue weighted by molar-refractivity contribution is 0.368. The highest BCUT2D eigenvalue weighted by Crippen LogP contribution is 2.41. The lowest BCUT2D eigenvalue weighted by Gasteiger charge is -2.07. The zero-order valence-electron chi connectivity index (χ0n) is 12.3. The van der Waals surface area contributed by atoms with Gasteiger partial charge in [-0.1, -0.05) is 30.3 Å². The molecule has 1 aliphatic carbocycles. The maximum atomic E-state index is 5.42. The molecule has 106 valence electrons. The van der Waals surface area contributed by atoms with E-state index in [4.69, 9.17) is 4.74 Å². The van der Waals surface area contributed by atoms with Crippen molar-refractivity contribution in [1.82, 2.24) is 15.1 Å². The van der Waals surface area contributed by atoms with E-state index in [-0.39, 0.29) is 0 Å². The fourth-order valence-corrected chi connectivity index (χ4v) is 2.86. The highest BCUT2D eigenvalue weighted by molar-refractivity contribution is 5.32. The molecular weight excluding hydrogens is 250 g/mol. The Labute approximate surface area is 119 Å². The summed E-state index contributed by atoms with van der Waals surface area (Å²) in [5.41, 5.74) is 3.63. The average molecular weight is 271 g/mol. The largest absolute Gasteiger partial charge is 0.481 e. The Balaban J connectivity index is 1.62. The molecule has 3 rings (SSSR count). The smallest absolute Gasteiger partial charge is 0.216 e. The summed E-state index contributed by atoms with van der Waals surface area (Å²) in [4.78, 5) is 0. The lowest BCUT2D eigenvalue weighted by Crippen LogP contribution is -2.18. The molecule has 4 nitrogen and oxygen atoms in total. The number of benzene rings is 1. The van der Waals surface area contributed by atoms with Crippen molar-refractivity contribution in [3.05, 3.63) is 47.2 Å². The maximum Gasteiger partial charge on any atom is 0.216 e. The molecule has 1 aromatic carbocycles. The monoisotopic (exact) mass is 271 g/mol. The number of nitrogens with zero attached hydrogens (tertiary/aromatic N) is 2. The molecule has 0 bridgehead atoms. The van der Waals surface area contributed by atoms with E-state index in [2.05, 4.69) is 40.7 Å². The van der Waals surface area contributed by atoms with Gasteiger partial charge in [0.25, 0.3) is 0 Å². The van der Waals surface area contributed by atoms with Crippen molar-refractivity contribution in [3.8, 4) is 5.88 Å². The van der Waals surface area contributed by atoms with Gasteiger partial charge < -0.3 is 10.1 Å². The number of aryl methyl sites for hydroxylation is 2. The number of nitrogens with one attached hydrogen (secondary N) is 1. The fourth-order valence-electron chi connectivity index (χ4n) is 2.86. The second kappa shape index (κ2) is 5.29. The van der Waals surface area contributed by atoms with E-state index in [1.54, 1.807) is 11.8 Å². The predicted octanol–water partition coefficient (Wildman–Crippen LogP) is 2.38. The Morgan fingerprint density at radius 3 is 2.80 bits per heavy atom. The molecule has 0 saturated heterocycles. The van der Waals surface area contributed by atoms with Crippen LogP contribution in [0.5, 0.6) is 5.88 Å². The van der Waals surface area contributed by atoms with Gasteiger partial charge in [0, 0.05) is 25.6 Å². The lowest BCUT2D eigenvalue weighted by atomic mass is 10.1. The SMILES string of the molecule is COc1c(CNC2CC2c2ccccc2)c(C)nn1C. The molecular formula is C16H21N3O. The second-order valence-corrected chi connectivity index (χ2v) is 5.44. The van der Waals surface area contributed by atoms with Gasteiger partial charge in [-0.25, -0.2) is 4.68 Å². The van der Waals surface area contributed by atoms with Gasteiger partial charge in [-0.05, 0) is 18.9 Å². The van der Waals surface area contributed by atoms with Crippen LogP contribution in [-0.4, -0.2) is 22.9 Å². The second-order valence-electron chi connectivity index (χ2n) is 5.44. The van der Waals surface area contributed by atoms with Gasteiger partial charge in [-0.15, -0.1) is 0 Å². The summed E-state index contributed by atoms with van der Waals surface area (Å²) < 4.78 is 7.22. The predicted molar refractivity (Wildman–Crippen MR) is 78.9 cm³/mol. The van der Waals surface area contributed by atoms with Gasteiger partial charge in [0.2, 0.25) is 5.88 Å². The first-order chi connectivity index (χ1) is 9.70. The van der Waals surface area contributed by atoms with E-state index in [0.717, 1.165) is 23.7 Å². The molecule has 2 atom stereocenters. The molecule has 2 unspecified atom stereocenters.